The lowest BCUT2D eigenvalue weighted by atomic mass is 9.90. The van der Waals surface area contributed by atoms with E-state index in [9.17, 15) is 0 Å². The van der Waals surface area contributed by atoms with Crippen LogP contribution in [0.2, 0.25) is 0 Å². The first-order valence-corrected chi connectivity index (χ1v) is 10.2. The van der Waals surface area contributed by atoms with E-state index in [1.54, 1.807) is 0 Å². The highest BCUT2D eigenvalue weighted by Crippen LogP contribution is 2.47. The quantitative estimate of drug-likeness (QED) is 0.189. The van der Waals surface area contributed by atoms with Crippen LogP contribution in [0.5, 0.6) is 0 Å². The number of hydrogen-bond donors (Lipinski definition) is 0. The van der Waals surface area contributed by atoms with Gasteiger partial charge in [0.05, 0.1) is 0 Å². The molecule has 0 heteroatoms. The van der Waals surface area contributed by atoms with Gasteiger partial charge in [-0.05, 0) is 83.9 Å². The summed E-state index contributed by atoms with van der Waals surface area (Å²) >= 11 is 0. The van der Waals surface area contributed by atoms with Crippen LogP contribution in [0.4, 0.5) is 0 Å². The van der Waals surface area contributed by atoms with E-state index in [1.807, 2.05) is 0 Å². The molecule has 7 rings (SSSR count). The van der Waals surface area contributed by atoms with Crippen molar-refractivity contribution in [3.63, 3.8) is 0 Å². The molecule has 134 valence electrons. The van der Waals surface area contributed by atoms with E-state index in [0.717, 1.165) is 6.42 Å². The van der Waals surface area contributed by atoms with Crippen LogP contribution in [0.25, 0.3) is 54.2 Å². The summed E-state index contributed by atoms with van der Waals surface area (Å²) in [5, 5.41) is 10.7. The molecule has 0 bridgehead atoms. The second-order valence-corrected chi connectivity index (χ2v) is 8.18. The van der Waals surface area contributed by atoms with Crippen LogP contribution in [0.3, 0.4) is 0 Å². The second-order valence-electron chi connectivity index (χ2n) is 8.18. The minimum atomic E-state index is 1.02. The van der Waals surface area contributed by atoms with Gasteiger partial charge in [0.1, 0.15) is 0 Å². The van der Waals surface area contributed by atoms with Gasteiger partial charge in [0.15, 0.2) is 0 Å². The topological polar surface area (TPSA) is 0 Å². The summed E-state index contributed by atoms with van der Waals surface area (Å²) in [5.41, 5.74) is 5.77. The van der Waals surface area contributed by atoms with Crippen molar-refractivity contribution >= 4 is 43.1 Å². The first kappa shape index (κ1) is 15.3. The molecule has 0 aliphatic heterocycles. The van der Waals surface area contributed by atoms with Crippen molar-refractivity contribution in [1.82, 2.24) is 0 Å². The second kappa shape index (κ2) is 5.46. The molecule has 0 nitrogen and oxygen atoms in total. The van der Waals surface area contributed by atoms with Gasteiger partial charge in [0.25, 0.3) is 0 Å². The molecule has 0 unspecified atom stereocenters. The molecule has 29 heavy (non-hydrogen) atoms. The highest BCUT2D eigenvalue weighted by atomic mass is 14.3. The van der Waals surface area contributed by atoms with E-state index in [-0.39, 0.29) is 0 Å². The Morgan fingerprint density at radius 1 is 0.414 bits per heavy atom. The number of hydrogen-bond acceptors (Lipinski definition) is 0. The van der Waals surface area contributed by atoms with Gasteiger partial charge in [-0.3, -0.25) is 0 Å². The Hall–Kier alpha value is -3.64. The van der Waals surface area contributed by atoms with Gasteiger partial charge in [-0.1, -0.05) is 84.9 Å². The van der Waals surface area contributed by atoms with Gasteiger partial charge in [0.2, 0.25) is 0 Å². The van der Waals surface area contributed by atoms with Gasteiger partial charge < -0.3 is 0 Å². The highest BCUT2D eigenvalue weighted by molar-refractivity contribution is 6.19. The van der Waals surface area contributed by atoms with Gasteiger partial charge in [-0.2, -0.15) is 0 Å². The molecule has 0 heterocycles. The fourth-order valence-electron chi connectivity index (χ4n) is 5.28. The van der Waals surface area contributed by atoms with Crippen LogP contribution in [-0.4, -0.2) is 0 Å². The fraction of sp³-hybridized carbons (Fsp3) is 0.0345. The van der Waals surface area contributed by atoms with Crippen molar-refractivity contribution in [2.75, 3.05) is 0 Å². The Labute approximate surface area is 169 Å². The Balaban J connectivity index is 1.70. The van der Waals surface area contributed by atoms with Crippen LogP contribution < -0.4 is 0 Å². The van der Waals surface area contributed by atoms with Crippen molar-refractivity contribution in [2.24, 2.45) is 0 Å². The van der Waals surface area contributed by atoms with E-state index < -0.39 is 0 Å². The van der Waals surface area contributed by atoms with Gasteiger partial charge >= 0.3 is 0 Å². The van der Waals surface area contributed by atoms with Crippen LogP contribution in [0.1, 0.15) is 11.1 Å². The summed E-state index contributed by atoms with van der Waals surface area (Å²) in [6.07, 6.45) is 1.02. The molecular formula is C29H18. The Morgan fingerprint density at radius 2 is 1.03 bits per heavy atom. The monoisotopic (exact) mass is 366 g/mol. The SMILES string of the molecule is c1ccc2cc3c4c(ccc3cc2c1)Cc1ccc2ccc3ccccc3c2c1-4. The third-order valence-corrected chi connectivity index (χ3v) is 6.60. The molecule has 0 saturated heterocycles. The van der Waals surface area contributed by atoms with Crippen LogP contribution in [0, 0.1) is 0 Å². The molecule has 0 saturated carbocycles. The van der Waals surface area contributed by atoms with E-state index in [2.05, 4.69) is 97.1 Å². The maximum absolute atomic E-state index is 2.39. The lowest BCUT2D eigenvalue weighted by Gasteiger charge is -2.13. The zero-order chi connectivity index (χ0) is 18.9. The predicted octanol–water partition coefficient (Wildman–Crippen LogP) is 7.87. The fourth-order valence-corrected chi connectivity index (χ4v) is 5.28. The van der Waals surface area contributed by atoms with Gasteiger partial charge in [-0.25, -0.2) is 0 Å². The number of rotatable bonds is 0. The molecule has 0 aromatic heterocycles. The molecule has 0 radical (unpaired) electrons. The third kappa shape index (κ3) is 2.04. The summed E-state index contributed by atoms with van der Waals surface area (Å²) in [7, 11) is 0. The first-order chi connectivity index (χ1) is 14.4. The third-order valence-electron chi connectivity index (χ3n) is 6.60. The molecule has 6 aromatic rings. The Morgan fingerprint density at radius 3 is 1.90 bits per heavy atom. The zero-order valence-electron chi connectivity index (χ0n) is 15.9. The number of fused-ring (bicyclic) bond motifs is 10. The van der Waals surface area contributed by atoms with Crippen LogP contribution in [-0.2, 0) is 6.42 Å². The standard InChI is InChI=1S/C29H18/c1-2-7-21-17-26-22(15-20(21)6-1)12-14-23-16-24-13-11-19-10-9-18-5-3-4-8-25(18)27(19)29(24)28(23)26/h1-15,17H,16H2. The number of benzene rings is 6. The maximum Gasteiger partial charge on any atom is -0.00130 e. The van der Waals surface area contributed by atoms with Crippen LogP contribution >= 0.6 is 0 Å². The highest BCUT2D eigenvalue weighted by Gasteiger charge is 2.24. The Bertz CT molecular complexity index is 1620. The normalized spacial score (nSPS) is 12.7. The van der Waals surface area contributed by atoms with Crippen molar-refractivity contribution in [2.45, 2.75) is 6.42 Å². The average Bonchev–Trinajstić information content (AvgIpc) is 3.16. The molecule has 0 amide bonds. The molecule has 1 aliphatic rings. The summed E-state index contributed by atoms with van der Waals surface area (Å²) in [6, 6.07) is 36.0. The average molecular weight is 366 g/mol. The first-order valence-electron chi connectivity index (χ1n) is 10.2. The van der Waals surface area contributed by atoms with E-state index in [4.69, 9.17) is 0 Å². The minimum Gasteiger partial charge on any atom is -0.0616 e. The molecule has 0 atom stereocenters. The van der Waals surface area contributed by atoms with Gasteiger partial charge in [-0.15, -0.1) is 0 Å². The minimum absolute atomic E-state index is 1.02. The maximum atomic E-state index is 2.39. The molecule has 6 aromatic carbocycles. The summed E-state index contributed by atoms with van der Waals surface area (Å²) in [4.78, 5) is 0. The summed E-state index contributed by atoms with van der Waals surface area (Å²) in [6.45, 7) is 0. The molecule has 0 spiro atoms. The van der Waals surface area contributed by atoms with Crippen molar-refractivity contribution in [3.05, 3.63) is 108 Å². The van der Waals surface area contributed by atoms with Crippen LogP contribution in [0.15, 0.2) is 97.1 Å². The summed E-state index contributed by atoms with van der Waals surface area (Å²) < 4.78 is 0. The van der Waals surface area contributed by atoms with Crippen molar-refractivity contribution < 1.29 is 0 Å². The predicted molar refractivity (Wildman–Crippen MR) is 125 cm³/mol. The smallest absolute Gasteiger partial charge is 0.00130 e. The zero-order valence-corrected chi connectivity index (χ0v) is 15.9. The largest absolute Gasteiger partial charge is 0.0616 e. The molecule has 0 N–H and O–H groups in total. The molecular weight excluding hydrogens is 348 g/mol. The summed E-state index contributed by atoms with van der Waals surface area (Å²) in [5.74, 6) is 0. The Kier molecular flexibility index (Phi) is 2.88. The lowest BCUT2D eigenvalue weighted by molar-refractivity contribution is 1.27. The van der Waals surface area contributed by atoms with E-state index in [0.29, 0.717) is 0 Å². The molecule has 0 fully saturated rings. The van der Waals surface area contributed by atoms with Crippen molar-refractivity contribution in [1.29, 1.82) is 0 Å². The van der Waals surface area contributed by atoms with E-state index >= 15 is 0 Å². The van der Waals surface area contributed by atoms with Gasteiger partial charge in [0, 0.05) is 0 Å². The van der Waals surface area contributed by atoms with E-state index in [1.165, 1.54) is 65.3 Å². The lowest BCUT2D eigenvalue weighted by Crippen LogP contribution is -1.86. The molecule has 1 aliphatic carbocycles. The van der Waals surface area contributed by atoms with Crippen molar-refractivity contribution in [3.8, 4) is 11.1 Å².